The summed E-state index contributed by atoms with van der Waals surface area (Å²) in [7, 11) is -1.27. The Hall–Kier alpha value is -3.11. The lowest BCUT2D eigenvalue weighted by molar-refractivity contribution is -0.120. The molecular formula is C37H54N4O5Si. The van der Waals surface area contributed by atoms with E-state index in [2.05, 4.69) is 54.2 Å². The molecule has 0 saturated heterocycles. The van der Waals surface area contributed by atoms with E-state index in [4.69, 9.17) is 19.2 Å². The monoisotopic (exact) mass is 662 g/mol. The molecular weight excluding hydrogens is 609 g/mol. The van der Waals surface area contributed by atoms with Crippen molar-refractivity contribution in [3.8, 4) is 17.1 Å². The van der Waals surface area contributed by atoms with Crippen molar-refractivity contribution in [1.29, 1.82) is 0 Å². The first-order valence-corrected chi connectivity index (χ1v) is 21.5. The molecule has 2 aromatic rings. The maximum atomic E-state index is 13.5. The maximum absolute atomic E-state index is 13.5. The number of fused-ring (bicyclic) bond motifs is 1. The molecule has 2 aliphatic carbocycles. The van der Waals surface area contributed by atoms with Gasteiger partial charge in [-0.1, -0.05) is 25.7 Å². The number of ether oxygens (including phenoxy) is 3. The summed E-state index contributed by atoms with van der Waals surface area (Å²) >= 11 is 0. The lowest BCUT2D eigenvalue weighted by atomic mass is 9.91. The Morgan fingerprint density at radius 2 is 1.81 bits per heavy atom. The van der Waals surface area contributed by atoms with Gasteiger partial charge in [0.15, 0.2) is 0 Å². The molecule has 10 heteroatoms. The number of carbonyl (C=O) groups is 2. The Labute approximate surface area is 281 Å². The van der Waals surface area contributed by atoms with Crippen molar-refractivity contribution >= 4 is 31.3 Å². The van der Waals surface area contributed by atoms with Crippen LogP contribution in [0.4, 0.5) is 10.5 Å². The Morgan fingerprint density at radius 3 is 2.43 bits per heavy atom. The van der Waals surface area contributed by atoms with Gasteiger partial charge in [0.05, 0.1) is 29.2 Å². The molecule has 256 valence electrons. The lowest BCUT2D eigenvalue weighted by Crippen LogP contribution is -2.43. The summed E-state index contributed by atoms with van der Waals surface area (Å²) < 4.78 is 21.0. The van der Waals surface area contributed by atoms with Crippen LogP contribution in [0.3, 0.4) is 0 Å². The number of amides is 2. The van der Waals surface area contributed by atoms with Crippen LogP contribution in [0.2, 0.25) is 25.7 Å². The van der Waals surface area contributed by atoms with Crippen molar-refractivity contribution < 1.29 is 23.8 Å². The summed E-state index contributed by atoms with van der Waals surface area (Å²) in [5, 5.41) is 0. The van der Waals surface area contributed by atoms with E-state index in [0.717, 1.165) is 84.2 Å². The smallest absolute Gasteiger partial charge is 0.410 e. The van der Waals surface area contributed by atoms with Crippen LogP contribution in [-0.4, -0.2) is 72.0 Å². The van der Waals surface area contributed by atoms with Crippen LogP contribution in [0.5, 0.6) is 5.75 Å². The molecule has 0 spiro atoms. The third-order valence-corrected chi connectivity index (χ3v) is 11.5. The number of anilines is 1. The summed E-state index contributed by atoms with van der Waals surface area (Å²) in [5.41, 5.74) is 4.70. The zero-order valence-electron chi connectivity index (χ0n) is 29.6. The molecule has 1 unspecified atom stereocenters. The van der Waals surface area contributed by atoms with E-state index in [1.807, 2.05) is 27.0 Å². The summed E-state index contributed by atoms with van der Waals surface area (Å²) in [5.74, 6) is 2.11. The molecule has 0 N–H and O–H groups in total. The average Bonchev–Trinajstić information content (AvgIpc) is 3.75. The molecule has 4 aliphatic rings. The maximum Gasteiger partial charge on any atom is 0.410 e. The molecule has 3 heterocycles. The third kappa shape index (κ3) is 7.80. The topological polar surface area (TPSA) is 86.1 Å². The largest absolute Gasteiger partial charge is 0.489 e. The molecule has 1 aromatic carbocycles. The fourth-order valence-electron chi connectivity index (χ4n) is 6.54. The van der Waals surface area contributed by atoms with E-state index in [0.29, 0.717) is 32.8 Å². The van der Waals surface area contributed by atoms with Crippen LogP contribution in [0.25, 0.3) is 17.0 Å². The van der Waals surface area contributed by atoms with Gasteiger partial charge in [0, 0.05) is 45.3 Å². The van der Waals surface area contributed by atoms with Gasteiger partial charge in [-0.15, -0.1) is 0 Å². The van der Waals surface area contributed by atoms with E-state index >= 15 is 0 Å². The molecule has 0 radical (unpaired) electrons. The highest BCUT2D eigenvalue weighted by Crippen LogP contribution is 2.46. The molecule has 6 rings (SSSR count). The van der Waals surface area contributed by atoms with Crippen LogP contribution in [0.1, 0.15) is 83.9 Å². The fraction of sp³-hybridized carbons (Fsp3) is 0.649. The number of hydrogen-bond donors (Lipinski definition) is 0. The number of imidazole rings is 1. The number of nitrogens with zero attached hydrogens (tertiary/aromatic N) is 4. The van der Waals surface area contributed by atoms with Gasteiger partial charge < -0.3 is 28.6 Å². The first kappa shape index (κ1) is 33.8. The van der Waals surface area contributed by atoms with Gasteiger partial charge >= 0.3 is 6.09 Å². The van der Waals surface area contributed by atoms with Gasteiger partial charge in [0.2, 0.25) is 5.91 Å². The van der Waals surface area contributed by atoms with E-state index < -0.39 is 13.7 Å². The number of benzene rings is 1. The predicted octanol–water partition coefficient (Wildman–Crippen LogP) is 7.90. The lowest BCUT2D eigenvalue weighted by Gasteiger charge is -2.38. The summed E-state index contributed by atoms with van der Waals surface area (Å²) in [6, 6.07) is 5.49. The van der Waals surface area contributed by atoms with Crippen LogP contribution in [0, 0.1) is 5.92 Å². The van der Waals surface area contributed by atoms with Crippen LogP contribution in [-0.2, 0) is 27.4 Å². The van der Waals surface area contributed by atoms with E-state index in [-0.39, 0.29) is 30.1 Å². The second-order valence-corrected chi connectivity index (χ2v) is 21.8. The number of aromatic nitrogens is 2. The van der Waals surface area contributed by atoms with Gasteiger partial charge in [-0.05, 0) is 103 Å². The Morgan fingerprint density at radius 1 is 1.04 bits per heavy atom. The first-order valence-electron chi connectivity index (χ1n) is 17.8. The SMILES string of the molecule is CC1CCc2c(ccc(-c3ncc(C4=CCN(C(=O)OC(C)(C)C)CC4)n3COCC[Si](C)(C)C)c2OC2CCC2)N1C(=O)C1CC1. The molecule has 2 fully saturated rings. The van der Waals surface area contributed by atoms with Gasteiger partial charge in [0.1, 0.15) is 23.9 Å². The minimum absolute atomic E-state index is 0.156. The Bertz CT molecular complexity index is 1510. The second kappa shape index (κ2) is 13.4. The standard InChI is InChI=1S/C37H54N4O5Si/c1-25-11-14-29-31(41(25)35(42)27-12-13-27)16-15-30(33(29)45-28-9-8-10-28)34-38-23-32(40(34)24-44-21-22-47(5,6)7)26-17-19-39(20-18-26)36(43)46-37(2,3)4/h15-17,23,25,27-28H,8-14,18-22,24H2,1-7H3. The van der Waals surface area contributed by atoms with Crippen molar-refractivity contribution in [2.75, 3.05) is 24.6 Å². The quantitative estimate of drug-likeness (QED) is 0.190. The van der Waals surface area contributed by atoms with Crippen LogP contribution in [0.15, 0.2) is 24.4 Å². The van der Waals surface area contributed by atoms with Crippen molar-refractivity contribution in [3.63, 3.8) is 0 Å². The highest BCUT2D eigenvalue weighted by molar-refractivity contribution is 6.76. The van der Waals surface area contributed by atoms with Crippen LogP contribution >= 0.6 is 0 Å². The summed E-state index contributed by atoms with van der Waals surface area (Å²) in [6.07, 6.45) is 11.7. The van der Waals surface area contributed by atoms with Crippen LogP contribution < -0.4 is 9.64 Å². The van der Waals surface area contributed by atoms with E-state index in [9.17, 15) is 9.59 Å². The van der Waals surface area contributed by atoms with Crippen molar-refractivity contribution in [3.05, 3.63) is 35.7 Å². The minimum atomic E-state index is -1.27. The van der Waals surface area contributed by atoms with Gasteiger partial charge in [-0.2, -0.15) is 0 Å². The Balaban J connectivity index is 1.36. The van der Waals surface area contributed by atoms with Gasteiger partial charge in [-0.25, -0.2) is 9.78 Å². The number of carbonyl (C=O) groups excluding carboxylic acids is 2. The van der Waals surface area contributed by atoms with E-state index in [1.54, 1.807) is 4.90 Å². The molecule has 1 atom stereocenters. The summed E-state index contributed by atoms with van der Waals surface area (Å²) in [6.45, 7) is 17.1. The highest BCUT2D eigenvalue weighted by Gasteiger charge is 2.40. The van der Waals surface area contributed by atoms with Crippen molar-refractivity contribution in [2.45, 2.75) is 129 Å². The number of hydrogen-bond acceptors (Lipinski definition) is 6. The number of rotatable bonds is 10. The Kier molecular flexibility index (Phi) is 9.64. The van der Waals surface area contributed by atoms with Crippen molar-refractivity contribution in [2.24, 2.45) is 5.92 Å². The normalized spacial score (nSPS) is 20.4. The molecule has 1 aromatic heterocycles. The van der Waals surface area contributed by atoms with Gasteiger partial charge in [0.25, 0.3) is 0 Å². The third-order valence-electron chi connectivity index (χ3n) is 9.75. The van der Waals surface area contributed by atoms with Crippen molar-refractivity contribution in [1.82, 2.24) is 14.5 Å². The van der Waals surface area contributed by atoms with Gasteiger partial charge in [-0.3, -0.25) is 4.79 Å². The minimum Gasteiger partial charge on any atom is -0.489 e. The molecule has 47 heavy (non-hydrogen) atoms. The summed E-state index contributed by atoms with van der Waals surface area (Å²) in [4.78, 5) is 35.1. The second-order valence-electron chi connectivity index (χ2n) is 16.1. The molecule has 2 amide bonds. The molecule has 9 nitrogen and oxygen atoms in total. The molecule has 2 saturated carbocycles. The zero-order chi connectivity index (χ0) is 33.5. The highest BCUT2D eigenvalue weighted by atomic mass is 28.3. The average molecular weight is 663 g/mol. The predicted molar refractivity (Wildman–Crippen MR) is 188 cm³/mol. The first-order chi connectivity index (χ1) is 22.3. The fourth-order valence-corrected chi connectivity index (χ4v) is 7.30. The van der Waals surface area contributed by atoms with E-state index in [1.165, 1.54) is 6.42 Å². The zero-order valence-corrected chi connectivity index (χ0v) is 30.6. The molecule has 0 bridgehead atoms. The molecule has 2 aliphatic heterocycles.